The van der Waals surface area contributed by atoms with Crippen molar-refractivity contribution in [2.45, 2.75) is 57.1 Å². The smallest absolute Gasteiger partial charge is 0.217 e. The van der Waals surface area contributed by atoms with Crippen LogP contribution in [0.25, 0.3) is 0 Å². The summed E-state index contributed by atoms with van der Waals surface area (Å²) in [5.41, 5.74) is 1.91. The fraction of sp³-hybridized carbons (Fsp3) is 0.733. The van der Waals surface area contributed by atoms with E-state index >= 15 is 0 Å². The maximum absolute atomic E-state index is 12.6. The summed E-state index contributed by atoms with van der Waals surface area (Å²) in [5, 5.41) is -0.156. The predicted molar refractivity (Wildman–Crippen MR) is 81.6 cm³/mol. The number of hydrogen-bond donors (Lipinski definition) is 0. The minimum Gasteiger partial charge on any atom is -0.238 e. The van der Waals surface area contributed by atoms with Crippen molar-refractivity contribution in [1.82, 2.24) is 14.3 Å². The summed E-state index contributed by atoms with van der Waals surface area (Å²) in [6.07, 6.45) is 4.56. The minimum atomic E-state index is -3.12. The van der Waals surface area contributed by atoms with Crippen LogP contribution in [0.2, 0.25) is 0 Å². The molecule has 0 radical (unpaired) electrons. The molecule has 0 bridgehead atoms. The summed E-state index contributed by atoms with van der Waals surface area (Å²) >= 11 is 0. The largest absolute Gasteiger partial charge is 0.238 e. The van der Waals surface area contributed by atoms with E-state index < -0.39 is 10.0 Å². The summed E-state index contributed by atoms with van der Waals surface area (Å²) < 4.78 is 26.9. The average molecular weight is 309 g/mol. The number of rotatable bonds is 3. The molecule has 1 aliphatic heterocycles. The van der Waals surface area contributed by atoms with Crippen molar-refractivity contribution in [3.05, 3.63) is 23.3 Å². The Labute approximate surface area is 126 Å². The van der Waals surface area contributed by atoms with Gasteiger partial charge in [0.25, 0.3) is 0 Å². The van der Waals surface area contributed by atoms with Crippen molar-refractivity contribution in [3.63, 3.8) is 0 Å². The zero-order valence-electron chi connectivity index (χ0n) is 12.7. The molecule has 116 valence electrons. The van der Waals surface area contributed by atoms with Crippen LogP contribution in [-0.4, -0.2) is 41.0 Å². The summed E-state index contributed by atoms with van der Waals surface area (Å²) in [7, 11) is -3.12. The molecule has 1 atom stereocenters. The lowest BCUT2D eigenvalue weighted by Gasteiger charge is -2.20. The van der Waals surface area contributed by atoms with Gasteiger partial charge in [0.2, 0.25) is 10.0 Å². The van der Waals surface area contributed by atoms with Crippen LogP contribution in [0, 0.1) is 13.8 Å². The Morgan fingerprint density at radius 3 is 2.33 bits per heavy atom. The van der Waals surface area contributed by atoms with E-state index in [1.807, 2.05) is 19.9 Å². The Hall–Kier alpha value is -1.01. The summed E-state index contributed by atoms with van der Waals surface area (Å²) in [5.74, 6) is 0.941. The number of sulfonamides is 1. The lowest BCUT2D eigenvalue weighted by molar-refractivity contribution is 0.459. The number of aromatic nitrogens is 2. The van der Waals surface area contributed by atoms with Crippen LogP contribution >= 0.6 is 0 Å². The van der Waals surface area contributed by atoms with E-state index in [1.165, 1.54) is 0 Å². The van der Waals surface area contributed by atoms with Crippen molar-refractivity contribution in [2.24, 2.45) is 0 Å². The average Bonchev–Trinajstić information content (AvgIpc) is 3.10. The van der Waals surface area contributed by atoms with Crippen molar-refractivity contribution in [3.8, 4) is 0 Å². The van der Waals surface area contributed by atoms with Gasteiger partial charge in [0.1, 0.15) is 5.82 Å². The standard InChI is InChI=1S/C15H23N3O2S/c1-11-9-12(2)17-15(16-11)13-7-8-18(10-13)21(19,20)14-5-3-4-6-14/h9,13-14H,3-8,10H2,1-2H3/t13-/m0/s1. The van der Waals surface area contributed by atoms with Crippen molar-refractivity contribution in [1.29, 1.82) is 0 Å². The summed E-state index contributed by atoms with van der Waals surface area (Å²) in [6, 6.07) is 1.95. The van der Waals surface area contributed by atoms with Gasteiger partial charge in [-0.3, -0.25) is 0 Å². The Bertz CT molecular complexity index is 604. The summed E-state index contributed by atoms with van der Waals surface area (Å²) in [6.45, 7) is 5.07. The maximum Gasteiger partial charge on any atom is 0.217 e. The van der Waals surface area contributed by atoms with Gasteiger partial charge in [0.05, 0.1) is 5.25 Å². The molecule has 21 heavy (non-hydrogen) atoms. The molecular formula is C15H23N3O2S. The van der Waals surface area contributed by atoms with Crippen LogP contribution in [0.3, 0.4) is 0 Å². The molecule has 0 unspecified atom stereocenters. The van der Waals surface area contributed by atoms with Crippen molar-refractivity contribution >= 4 is 10.0 Å². The van der Waals surface area contributed by atoms with Crippen molar-refractivity contribution < 1.29 is 8.42 Å². The van der Waals surface area contributed by atoms with Crippen LogP contribution in [0.4, 0.5) is 0 Å². The normalized spacial score (nSPS) is 24.8. The molecule has 2 heterocycles. The lowest BCUT2D eigenvalue weighted by atomic mass is 10.1. The topological polar surface area (TPSA) is 63.2 Å². The van der Waals surface area contributed by atoms with Crippen LogP contribution in [0.5, 0.6) is 0 Å². The first-order valence-corrected chi connectivity index (χ1v) is 9.28. The quantitative estimate of drug-likeness (QED) is 0.858. The van der Waals surface area contributed by atoms with E-state index in [2.05, 4.69) is 9.97 Å². The van der Waals surface area contributed by atoms with Crippen LogP contribution in [0.15, 0.2) is 6.07 Å². The molecule has 2 fully saturated rings. The van der Waals surface area contributed by atoms with Gasteiger partial charge in [-0.2, -0.15) is 0 Å². The Morgan fingerprint density at radius 2 is 1.71 bits per heavy atom. The molecule has 3 rings (SSSR count). The highest BCUT2D eigenvalue weighted by molar-refractivity contribution is 7.89. The van der Waals surface area contributed by atoms with Crippen LogP contribution in [0.1, 0.15) is 55.2 Å². The maximum atomic E-state index is 12.6. The second-order valence-corrected chi connectivity index (χ2v) is 8.52. The minimum absolute atomic E-state index is 0.139. The molecule has 0 aromatic carbocycles. The first-order chi connectivity index (χ1) is 9.96. The monoisotopic (exact) mass is 309 g/mol. The van der Waals surface area contributed by atoms with Gasteiger partial charge in [-0.05, 0) is 39.2 Å². The summed E-state index contributed by atoms with van der Waals surface area (Å²) in [4.78, 5) is 8.99. The van der Waals surface area contributed by atoms with Gasteiger partial charge < -0.3 is 0 Å². The van der Waals surface area contributed by atoms with E-state index in [0.717, 1.165) is 49.3 Å². The highest BCUT2D eigenvalue weighted by Gasteiger charge is 2.39. The molecule has 1 aromatic heterocycles. The van der Waals surface area contributed by atoms with Gasteiger partial charge in [0.15, 0.2) is 0 Å². The molecule has 1 saturated heterocycles. The number of nitrogens with zero attached hydrogens (tertiary/aromatic N) is 3. The highest BCUT2D eigenvalue weighted by Crippen LogP contribution is 2.32. The molecule has 1 saturated carbocycles. The highest BCUT2D eigenvalue weighted by atomic mass is 32.2. The molecule has 6 heteroatoms. The van der Waals surface area contributed by atoms with Crippen LogP contribution in [-0.2, 0) is 10.0 Å². The Morgan fingerprint density at radius 1 is 1.10 bits per heavy atom. The van der Waals surface area contributed by atoms with E-state index in [0.29, 0.717) is 13.1 Å². The second-order valence-electron chi connectivity index (χ2n) is 6.30. The zero-order valence-corrected chi connectivity index (χ0v) is 13.6. The Balaban J connectivity index is 1.76. The predicted octanol–water partition coefficient (Wildman–Crippen LogP) is 2.16. The molecule has 1 aromatic rings. The van der Waals surface area contributed by atoms with Gasteiger partial charge in [0, 0.05) is 30.4 Å². The first kappa shape index (κ1) is 14.9. The molecule has 0 spiro atoms. The third-order valence-corrected chi connectivity index (χ3v) is 6.96. The van der Waals surface area contributed by atoms with Crippen molar-refractivity contribution in [2.75, 3.05) is 13.1 Å². The zero-order chi connectivity index (χ0) is 15.0. The second kappa shape index (κ2) is 5.65. The molecule has 0 amide bonds. The van der Waals surface area contributed by atoms with Gasteiger partial charge in [-0.1, -0.05) is 12.8 Å². The molecule has 2 aliphatic rings. The van der Waals surface area contributed by atoms with E-state index in [9.17, 15) is 8.42 Å². The molecule has 1 aliphatic carbocycles. The van der Waals surface area contributed by atoms with E-state index in [4.69, 9.17) is 0 Å². The van der Waals surface area contributed by atoms with Gasteiger partial charge in [-0.15, -0.1) is 0 Å². The third kappa shape index (κ3) is 2.97. The van der Waals surface area contributed by atoms with Gasteiger partial charge >= 0.3 is 0 Å². The van der Waals surface area contributed by atoms with E-state index in [-0.39, 0.29) is 11.2 Å². The molecular weight excluding hydrogens is 286 g/mol. The first-order valence-electron chi connectivity index (χ1n) is 7.78. The Kier molecular flexibility index (Phi) is 4.01. The molecule has 0 N–H and O–H groups in total. The number of hydrogen-bond acceptors (Lipinski definition) is 4. The fourth-order valence-electron chi connectivity index (χ4n) is 3.50. The third-order valence-electron chi connectivity index (χ3n) is 4.60. The fourth-order valence-corrected chi connectivity index (χ4v) is 5.60. The lowest BCUT2D eigenvalue weighted by Crippen LogP contribution is -2.36. The van der Waals surface area contributed by atoms with Gasteiger partial charge in [-0.25, -0.2) is 22.7 Å². The van der Waals surface area contributed by atoms with Crippen LogP contribution < -0.4 is 0 Å². The molecule has 5 nitrogen and oxygen atoms in total. The SMILES string of the molecule is Cc1cc(C)nc([C@H]2CCN(S(=O)(=O)C3CCCC3)C2)n1. The number of aryl methyl sites for hydroxylation is 2. The van der Waals surface area contributed by atoms with E-state index in [1.54, 1.807) is 4.31 Å².